The molecule has 7 nitrogen and oxygen atoms in total. The number of allylic oxidation sites excluding steroid dienone is 2. The minimum atomic E-state index is -0.837. The van der Waals surface area contributed by atoms with Gasteiger partial charge >= 0.3 is 0 Å². The monoisotopic (exact) mass is 533 g/mol. The van der Waals surface area contributed by atoms with E-state index in [2.05, 4.69) is 5.32 Å². The first-order valence-corrected chi connectivity index (χ1v) is 13.7. The lowest BCUT2D eigenvalue weighted by molar-refractivity contribution is -0.144. The zero-order valence-corrected chi connectivity index (χ0v) is 22.5. The maximum Gasteiger partial charge on any atom is 0.243 e. The summed E-state index contributed by atoms with van der Waals surface area (Å²) in [5, 5.41) is 3.01. The predicted molar refractivity (Wildman–Crippen MR) is 145 cm³/mol. The standard InChI is InChI=1S/C31H36FN3O4/c1-3-21(2)33-29(37)27(19-22-9-5-4-6-10-22)35(20-23-13-15-24(32)16-14-23)28(36)17-18-34-30(38)25-11-7-8-12-26(25)31(34)39/h4-10,13-16,21,25-27H,3,11-12,17-20H2,1-2H3,(H,33,37)/t21?,25-,26+,27?. The van der Waals surface area contributed by atoms with Gasteiger partial charge in [-0.15, -0.1) is 0 Å². The average Bonchev–Trinajstić information content (AvgIpc) is 3.19. The van der Waals surface area contributed by atoms with Gasteiger partial charge in [0, 0.05) is 32.0 Å². The van der Waals surface area contributed by atoms with E-state index in [-0.39, 0.29) is 67.4 Å². The van der Waals surface area contributed by atoms with Crippen molar-refractivity contribution in [3.63, 3.8) is 0 Å². The number of likely N-dealkylation sites (tertiary alicyclic amines) is 1. The second kappa shape index (κ2) is 12.8. The number of fused-ring (bicyclic) bond motifs is 1. The highest BCUT2D eigenvalue weighted by Crippen LogP contribution is 2.35. The van der Waals surface area contributed by atoms with Crippen LogP contribution in [0, 0.1) is 17.7 Å². The molecule has 0 radical (unpaired) electrons. The van der Waals surface area contributed by atoms with Crippen LogP contribution in [0.4, 0.5) is 4.39 Å². The maximum absolute atomic E-state index is 13.8. The summed E-state index contributed by atoms with van der Waals surface area (Å²) in [6, 6.07) is 14.3. The Morgan fingerprint density at radius 1 is 0.974 bits per heavy atom. The second-order valence-corrected chi connectivity index (χ2v) is 10.4. The fourth-order valence-electron chi connectivity index (χ4n) is 5.22. The van der Waals surface area contributed by atoms with Crippen LogP contribution in [-0.2, 0) is 32.1 Å². The lowest BCUT2D eigenvalue weighted by Crippen LogP contribution is -2.52. The number of amides is 4. The molecule has 2 unspecified atom stereocenters. The summed E-state index contributed by atoms with van der Waals surface area (Å²) in [7, 11) is 0. The number of hydrogen-bond acceptors (Lipinski definition) is 4. The topological polar surface area (TPSA) is 86.8 Å². The molecule has 1 N–H and O–H groups in total. The van der Waals surface area contributed by atoms with Crippen LogP contribution in [0.3, 0.4) is 0 Å². The van der Waals surface area contributed by atoms with Crippen LogP contribution < -0.4 is 5.32 Å². The van der Waals surface area contributed by atoms with Crippen LogP contribution in [0.15, 0.2) is 66.7 Å². The van der Waals surface area contributed by atoms with Crippen LogP contribution in [0.25, 0.3) is 0 Å². The summed E-state index contributed by atoms with van der Waals surface area (Å²) in [6.07, 6.45) is 5.83. The molecule has 4 rings (SSSR count). The van der Waals surface area contributed by atoms with E-state index in [4.69, 9.17) is 0 Å². The van der Waals surface area contributed by atoms with Crippen molar-refractivity contribution in [2.24, 2.45) is 11.8 Å². The Hall–Kier alpha value is -3.81. The fraction of sp³-hybridized carbons (Fsp3) is 0.419. The predicted octanol–water partition coefficient (Wildman–Crippen LogP) is 4.02. The third kappa shape index (κ3) is 6.80. The Labute approximate surface area is 229 Å². The Balaban J connectivity index is 1.58. The molecular formula is C31H36FN3O4. The molecule has 0 aromatic heterocycles. The summed E-state index contributed by atoms with van der Waals surface area (Å²) in [4.78, 5) is 55.9. The van der Waals surface area contributed by atoms with E-state index >= 15 is 0 Å². The lowest BCUT2D eigenvalue weighted by atomic mass is 9.85. The average molecular weight is 534 g/mol. The number of halogens is 1. The van der Waals surface area contributed by atoms with Crippen LogP contribution in [0.5, 0.6) is 0 Å². The normalized spacial score (nSPS) is 19.9. The molecule has 8 heteroatoms. The third-order valence-electron chi connectivity index (χ3n) is 7.69. The van der Waals surface area contributed by atoms with Crippen molar-refractivity contribution in [3.8, 4) is 0 Å². The van der Waals surface area contributed by atoms with Gasteiger partial charge in [-0.1, -0.05) is 61.5 Å². The molecule has 4 amide bonds. The molecule has 0 bridgehead atoms. The van der Waals surface area contributed by atoms with Gasteiger partial charge in [-0.2, -0.15) is 0 Å². The summed E-state index contributed by atoms with van der Waals surface area (Å²) in [5.41, 5.74) is 1.56. The molecule has 4 atom stereocenters. The zero-order chi connectivity index (χ0) is 27.9. The largest absolute Gasteiger partial charge is 0.352 e. The van der Waals surface area contributed by atoms with Crippen molar-refractivity contribution >= 4 is 23.6 Å². The minimum absolute atomic E-state index is 0.0333. The van der Waals surface area contributed by atoms with E-state index in [1.54, 1.807) is 12.1 Å². The molecule has 1 aliphatic carbocycles. The summed E-state index contributed by atoms with van der Waals surface area (Å²) in [6.45, 7) is 3.92. The summed E-state index contributed by atoms with van der Waals surface area (Å²) in [5.74, 6) is -2.22. The van der Waals surface area contributed by atoms with E-state index in [0.29, 0.717) is 18.4 Å². The SMILES string of the molecule is CCC(C)NC(=O)C(Cc1ccccc1)N(Cc1ccc(F)cc1)C(=O)CCN1C(=O)[C@H]2CC=CC[C@H]2C1=O. The maximum atomic E-state index is 13.8. The first-order valence-electron chi connectivity index (χ1n) is 13.7. The van der Waals surface area contributed by atoms with E-state index in [1.807, 2.05) is 56.3 Å². The number of nitrogens with one attached hydrogen (secondary N) is 1. The number of carbonyl (C=O) groups excluding carboxylic acids is 4. The van der Waals surface area contributed by atoms with Gasteiger partial charge in [0.25, 0.3) is 0 Å². The second-order valence-electron chi connectivity index (χ2n) is 10.4. The molecule has 39 heavy (non-hydrogen) atoms. The van der Waals surface area contributed by atoms with Crippen molar-refractivity contribution in [1.82, 2.24) is 15.1 Å². The van der Waals surface area contributed by atoms with Crippen LogP contribution in [0.2, 0.25) is 0 Å². The quantitative estimate of drug-likeness (QED) is 0.349. The van der Waals surface area contributed by atoms with Crippen LogP contribution in [0.1, 0.15) is 50.7 Å². The first-order chi connectivity index (χ1) is 18.8. The molecule has 1 saturated heterocycles. The smallest absolute Gasteiger partial charge is 0.243 e. The van der Waals surface area contributed by atoms with Gasteiger partial charge < -0.3 is 10.2 Å². The number of rotatable bonds is 11. The highest BCUT2D eigenvalue weighted by atomic mass is 19.1. The van der Waals surface area contributed by atoms with Crippen molar-refractivity contribution in [1.29, 1.82) is 0 Å². The Bertz CT molecular complexity index is 1190. The molecule has 0 saturated carbocycles. The van der Waals surface area contributed by atoms with E-state index in [0.717, 1.165) is 12.0 Å². The Kier molecular flexibility index (Phi) is 9.28. The van der Waals surface area contributed by atoms with Gasteiger partial charge in [-0.3, -0.25) is 24.1 Å². The number of hydrogen-bond donors (Lipinski definition) is 1. The fourth-order valence-corrected chi connectivity index (χ4v) is 5.22. The van der Waals surface area contributed by atoms with Gasteiger partial charge in [0.1, 0.15) is 11.9 Å². The molecular weight excluding hydrogens is 497 g/mol. The Morgan fingerprint density at radius 3 is 2.18 bits per heavy atom. The zero-order valence-electron chi connectivity index (χ0n) is 22.5. The number of carbonyl (C=O) groups is 4. The summed E-state index contributed by atoms with van der Waals surface area (Å²) < 4.78 is 13.6. The van der Waals surface area contributed by atoms with E-state index in [9.17, 15) is 23.6 Å². The molecule has 1 aliphatic heterocycles. The highest BCUT2D eigenvalue weighted by Gasteiger charge is 2.47. The number of benzene rings is 2. The third-order valence-corrected chi connectivity index (χ3v) is 7.69. The van der Waals surface area contributed by atoms with Crippen LogP contribution >= 0.6 is 0 Å². The van der Waals surface area contributed by atoms with Crippen molar-refractivity contribution in [2.75, 3.05) is 6.54 Å². The van der Waals surface area contributed by atoms with Crippen LogP contribution in [-0.4, -0.2) is 52.1 Å². The highest BCUT2D eigenvalue weighted by molar-refractivity contribution is 6.05. The molecule has 1 heterocycles. The lowest BCUT2D eigenvalue weighted by Gasteiger charge is -2.32. The van der Waals surface area contributed by atoms with E-state index < -0.39 is 11.9 Å². The number of imide groups is 1. The molecule has 206 valence electrons. The number of nitrogens with zero attached hydrogens (tertiary/aromatic N) is 2. The van der Waals surface area contributed by atoms with E-state index in [1.165, 1.54) is 21.9 Å². The van der Waals surface area contributed by atoms with Crippen molar-refractivity contribution in [3.05, 3.63) is 83.7 Å². The first kappa shape index (κ1) is 28.2. The molecule has 0 spiro atoms. The Morgan fingerprint density at radius 2 is 1.59 bits per heavy atom. The van der Waals surface area contributed by atoms with Gasteiger partial charge in [0.05, 0.1) is 11.8 Å². The minimum Gasteiger partial charge on any atom is -0.352 e. The van der Waals surface area contributed by atoms with Gasteiger partial charge in [0.15, 0.2) is 0 Å². The molecule has 1 fully saturated rings. The van der Waals surface area contributed by atoms with Gasteiger partial charge in [-0.05, 0) is 49.4 Å². The van der Waals surface area contributed by atoms with Crippen molar-refractivity contribution in [2.45, 2.75) is 64.6 Å². The molecule has 2 aliphatic rings. The molecule has 2 aromatic carbocycles. The van der Waals surface area contributed by atoms with Gasteiger partial charge in [0.2, 0.25) is 23.6 Å². The van der Waals surface area contributed by atoms with Gasteiger partial charge in [-0.25, -0.2) is 4.39 Å². The summed E-state index contributed by atoms with van der Waals surface area (Å²) >= 11 is 0. The molecule has 2 aromatic rings. The van der Waals surface area contributed by atoms with Crippen molar-refractivity contribution < 1.29 is 23.6 Å².